The van der Waals surface area contributed by atoms with E-state index < -0.39 is 41.2 Å². The maximum absolute atomic E-state index is 13.5. The molecule has 0 unspecified atom stereocenters. The number of rotatable bonds is 6. The summed E-state index contributed by atoms with van der Waals surface area (Å²) in [6.07, 6.45) is 3.13. The normalized spacial score (nSPS) is 24.9. The van der Waals surface area contributed by atoms with Gasteiger partial charge in [-0.25, -0.2) is 9.59 Å². The molecule has 10 heteroatoms. The topological polar surface area (TPSA) is 116 Å². The number of carbonyl (C=O) groups excluding carboxylic acids is 3. The maximum Gasteiger partial charge on any atom is 0.411 e. The van der Waals surface area contributed by atoms with Gasteiger partial charge in [-0.2, -0.15) is 0 Å². The second-order valence-corrected chi connectivity index (χ2v) is 10.5. The van der Waals surface area contributed by atoms with E-state index in [9.17, 15) is 19.2 Å². The van der Waals surface area contributed by atoms with Gasteiger partial charge in [0.25, 0.3) is 5.56 Å². The van der Waals surface area contributed by atoms with E-state index in [1.807, 2.05) is 0 Å². The summed E-state index contributed by atoms with van der Waals surface area (Å²) in [6, 6.07) is 5.55. The molecule has 0 radical (unpaired) electrons. The summed E-state index contributed by atoms with van der Waals surface area (Å²) in [5.41, 5.74) is -2.23. The average molecular weight is 512 g/mol. The summed E-state index contributed by atoms with van der Waals surface area (Å²) in [7, 11) is 2.82. The van der Waals surface area contributed by atoms with Gasteiger partial charge in [0.15, 0.2) is 0 Å². The Hall–Kier alpha value is -3.82. The van der Waals surface area contributed by atoms with Crippen LogP contribution in [-0.2, 0) is 19.1 Å². The third kappa shape index (κ3) is 4.92. The number of nitrogens with zero attached hydrogens (tertiary/aromatic N) is 2. The summed E-state index contributed by atoms with van der Waals surface area (Å²) < 4.78 is 17.3. The van der Waals surface area contributed by atoms with E-state index in [4.69, 9.17) is 14.2 Å². The van der Waals surface area contributed by atoms with Gasteiger partial charge < -0.3 is 24.1 Å². The lowest BCUT2D eigenvalue weighted by molar-refractivity contribution is -0.147. The second kappa shape index (κ2) is 9.57. The van der Waals surface area contributed by atoms with Crippen molar-refractivity contribution in [1.82, 2.24) is 14.8 Å². The molecule has 1 N–H and O–H groups in total. The molecule has 198 valence electrons. The van der Waals surface area contributed by atoms with Crippen molar-refractivity contribution in [3.05, 3.63) is 53.5 Å². The zero-order valence-corrected chi connectivity index (χ0v) is 21.8. The minimum Gasteiger partial charge on any atom is -0.497 e. The van der Waals surface area contributed by atoms with Crippen molar-refractivity contribution in [2.75, 3.05) is 20.8 Å². The molecular weight excluding hydrogens is 478 g/mol. The number of carbonyl (C=O) groups is 3. The molecule has 2 fully saturated rings. The van der Waals surface area contributed by atoms with Gasteiger partial charge in [0.1, 0.15) is 22.9 Å². The molecule has 0 bridgehead atoms. The van der Waals surface area contributed by atoms with Crippen molar-refractivity contribution < 1.29 is 28.6 Å². The van der Waals surface area contributed by atoms with Crippen molar-refractivity contribution in [2.45, 2.75) is 56.8 Å². The lowest BCUT2D eigenvalue weighted by Crippen LogP contribution is -2.53. The molecule has 37 heavy (non-hydrogen) atoms. The third-order valence-electron chi connectivity index (χ3n) is 6.94. The fourth-order valence-corrected chi connectivity index (χ4v) is 4.93. The molecule has 0 spiro atoms. The Bertz CT molecular complexity index is 1310. The van der Waals surface area contributed by atoms with Crippen LogP contribution in [0.4, 0.5) is 4.79 Å². The van der Waals surface area contributed by atoms with E-state index in [1.165, 1.54) is 12.0 Å². The van der Waals surface area contributed by atoms with Crippen LogP contribution in [0.25, 0.3) is 10.8 Å². The molecule has 1 saturated heterocycles. The predicted octanol–water partition coefficient (Wildman–Crippen LogP) is 2.79. The van der Waals surface area contributed by atoms with Crippen LogP contribution >= 0.6 is 0 Å². The lowest BCUT2D eigenvalue weighted by Gasteiger charge is -2.29. The van der Waals surface area contributed by atoms with Crippen LogP contribution in [0.5, 0.6) is 5.75 Å². The predicted molar refractivity (Wildman–Crippen MR) is 136 cm³/mol. The van der Waals surface area contributed by atoms with Crippen LogP contribution in [0, 0.1) is 5.92 Å². The van der Waals surface area contributed by atoms with E-state index in [1.54, 1.807) is 69.0 Å². The number of hydrogen-bond acceptors (Lipinski definition) is 7. The van der Waals surface area contributed by atoms with E-state index >= 15 is 0 Å². The summed E-state index contributed by atoms with van der Waals surface area (Å²) in [5, 5.41) is 4.02. The Labute approximate surface area is 215 Å². The highest BCUT2D eigenvalue weighted by atomic mass is 16.6. The third-order valence-corrected chi connectivity index (χ3v) is 6.94. The Balaban J connectivity index is 1.66. The molecule has 2 amide bonds. The highest BCUT2D eigenvalue weighted by molar-refractivity contribution is 5.95. The fourth-order valence-electron chi connectivity index (χ4n) is 4.93. The van der Waals surface area contributed by atoms with E-state index in [-0.39, 0.29) is 24.4 Å². The first-order chi connectivity index (χ1) is 17.4. The zero-order chi connectivity index (χ0) is 27.1. The first-order valence-corrected chi connectivity index (χ1v) is 12.2. The molecular formula is C27H33N3O7. The zero-order valence-electron chi connectivity index (χ0n) is 21.8. The van der Waals surface area contributed by atoms with Gasteiger partial charge in [-0.15, -0.1) is 6.58 Å². The van der Waals surface area contributed by atoms with Gasteiger partial charge in [-0.05, 0) is 63.3 Å². The smallest absolute Gasteiger partial charge is 0.411 e. The van der Waals surface area contributed by atoms with Crippen LogP contribution in [0.2, 0.25) is 0 Å². The molecule has 1 aliphatic carbocycles. The lowest BCUT2D eigenvalue weighted by atomic mass is 10.1. The largest absolute Gasteiger partial charge is 0.497 e. The standard InChI is InChI=1S/C27H33N3O7/c1-7-17-14-27(17,24(33)36-6)28-22(31)21-13-18(15-30(21)25(34)37-26(2,3)4)29-11-10-16-12-19(35-5)8-9-20(16)23(29)32/h7-12,17-18,21H,1,13-15H2,2-6H3,(H,28,31)/t17-,18-,21+,27-/m1/s1. The summed E-state index contributed by atoms with van der Waals surface area (Å²) in [5.74, 6) is -0.709. The quantitative estimate of drug-likeness (QED) is 0.468. The van der Waals surface area contributed by atoms with Crippen molar-refractivity contribution in [3.63, 3.8) is 0 Å². The molecule has 4 atom stereocenters. The summed E-state index contributed by atoms with van der Waals surface area (Å²) in [4.78, 5) is 53.8. The van der Waals surface area contributed by atoms with Crippen molar-refractivity contribution in [1.29, 1.82) is 0 Å². The van der Waals surface area contributed by atoms with Crippen LogP contribution in [0.1, 0.15) is 39.7 Å². The number of fused-ring (bicyclic) bond motifs is 1. The van der Waals surface area contributed by atoms with E-state index in [0.717, 1.165) is 5.39 Å². The monoisotopic (exact) mass is 511 g/mol. The number of hydrogen-bond donors (Lipinski definition) is 1. The average Bonchev–Trinajstić information content (AvgIpc) is 3.38. The molecule has 1 saturated carbocycles. The fraction of sp³-hybridized carbons (Fsp3) is 0.481. The van der Waals surface area contributed by atoms with Gasteiger partial charge >= 0.3 is 12.1 Å². The second-order valence-electron chi connectivity index (χ2n) is 10.5. The number of nitrogens with one attached hydrogen (secondary N) is 1. The van der Waals surface area contributed by atoms with Gasteiger partial charge in [0, 0.05) is 24.0 Å². The van der Waals surface area contributed by atoms with Crippen LogP contribution in [0.15, 0.2) is 47.9 Å². The number of likely N-dealkylation sites (tertiary alicyclic amines) is 1. The highest BCUT2D eigenvalue weighted by Crippen LogP contribution is 2.45. The van der Waals surface area contributed by atoms with Gasteiger partial charge in [-0.3, -0.25) is 14.5 Å². The number of amides is 2. The first kappa shape index (κ1) is 26.2. The molecule has 1 aromatic heterocycles. The molecule has 4 rings (SSSR count). The summed E-state index contributed by atoms with van der Waals surface area (Å²) >= 11 is 0. The van der Waals surface area contributed by atoms with E-state index in [2.05, 4.69) is 11.9 Å². The molecule has 1 aromatic carbocycles. The molecule has 2 aliphatic rings. The number of methoxy groups -OCH3 is 2. The number of aromatic nitrogens is 1. The molecule has 2 heterocycles. The van der Waals surface area contributed by atoms with Crippen LogP contribution in [-0.4, -0.2) is 65.4 Å². The SMILES string of the molecule is C=C[C@@H]1C[C@]1(NC(=O)[C@@H]1C[C@@H](n2ccc3cc(OC)ccc3c2=O)CN1C(=O)OC(C)(C)C)C(=O)OC. The minimum atomic E-state index is -1.20. The Kier molecular flexibility index (Phi) is 6.79. The number of benzene rings is 1. The number of pyridine rings is 1. The van der Waals surface area contributed by atoms with Gasteiger partial charge in [0.2, 0.25) is 5.91 Å². The maximum atomic E-state index is 13.5. The minimum absolute atomic E-state index is 0.0880. The van der Waals surface area contributed by atoms with Crippen molar-refractivity contribution >= 4 is 28.7 Å². The highest BCUT2D eigenvalue weighted by Gasteiger charge is 2.62. The van der Waals surface area contributed by atoms with Crippen LogP contribution < -0.4 is 15.6 Å². The van der Waals surface area contributed by atoms with Gasteiger partial charge in [0.05, 0.1) is 20.3 Å². The number of ether oxygens (including phenoxy) is 3. The Morgan fingerprint density at radius 2 is 1.92 bits per heavy atom. The Morgan fingerprint density at radius 3 is 2.51 bits per heavy atom. The molecule has 2 aromatic rings. The number of esters is 1. The van der Waals surface area contributed by atoms with Crippen molar-refractivity contribution in [2.24, 2.45) is 5.92 Å². The van der Waals surface area contributed by atoms with Crippen molar-refractivity contribution in [3.8, 4) is 5.75 Å². The summed E-state index contributed by atoms with van der Waals surface area (Å²) in [6.45, 7) is 9.03. The molecule has 10 nitrogen and oxygen atoms in total. The van der Waals surface area contributed by atoms with Gasteiger partial charge in [-0.1, -0.05) is 6.08 Å². The van der Waals surface area contributed by atoms with E-state index in [0.29, 0.717) is 17.6 Å². The molecule has 1 aliphatic heterocycles. The van der Waals surface area contributed by atoms with Crippen LogP contribution in [0.3, 0.4) is 0 Å². The first-order valence-electron chi connectivity index (χ1n) is 12.2. The Morgan fingerprint density at radius 1 is 1.19 bits per heavy atom.